The summed E-state index contributed by atoms with van der Waals surface area (Å²) in [4.78, 5) is 0.112. The Kier molecular flexibility index (Phi) is 5.85. The Morgan fingerprint density at radius 1 is 1.24 bits per heavy atom. The van der Waals surface area contributed by atoms with Crippen molar-refractivity contribution in [1.29, 1.82) is 0 Å². The maximum Gasteiger partial charge on any atom is 0.221 e. The summed E-state index contributed by atoms with van der Waals surface area (Å²) in [5.41, 5.74) is 6.06. The standard InChI is InChI=1S/C12H18N2O4S3/c1-3-11(12(13)19)21(17,18)14-8-9-4-6-10(7-5-9)20(2,15)16/h4-7,11,14H,3,8H2,1-2H3,(H2,13,19). The molecule has 1 rings (SSSR count). The number of benzene rings is 1. The maximum atomic E-state index is 12.0. The van der Waals surface area contributed by atoms with Crippen LogP contribution in [-0.2, 0) is 26.4 Å². The summed E-state index contributed by atoms with van der Waals surface area (Å²) in [6.07, 6.45) is 1.40. The lowest BCUT2D eigenvalue weighted by Crippen LogP contribution is -2.41. The molecule has 0 spiro atoms. The molecule has 3 N–H and O–H groups in total. The van der Waals surface area contributed by atoms with E-state index >= 15 is 0 Å². The summed E-state index contributed by atoms with van der Waals surface area (Å²) in [6.45, 7) is 1.73. The minimum atomic E-state index is -3.64. The number of thiocarbonyl (C=S) groups is 1. The van der Waals surface area contributed by atoms with Gasteiger partial charge in [0.25, 0.3) is 0 Å². The van der Waals surface area contributed by atoms with E-state index in [0.717, 1.165) is 6.26 Å². The Balaban J connectivity index is 2.82. The Morgan fingerprint density at radius 3 is 2.14 bits per heavy atom. The van der Waals surface area contributed by atoms with E-state index in [9.17, 15) is 16.8 Å². The fourth-order valence-electron chi connectivity index (χ4n) is 1.71. The lowest BCUT2D eigenvalue weighted by molar-refractivity contribution is 0.574. The number of nitrogens with one attached hydrogen (secondary N) is 1. The second kappa shape index (κ2) is 6.82. The fourth-order valence-corrected chi connectivity index (χ4v) is 4.20. The fraction of sp³-hybridized carbons (Fsp3) is 0.417. The van der Waals surface area contributed by atoms with Crippen LogP contribution in [0.4, 0.5) is 0 Å². The van der Waals surface area contributed by atoms with Gasteiger partial charge in [0, 0.05) is 12.8 Å². The summed E-state index contributed by atoms with van der Waals surface area (Å²) in [6, 6.07) is 5.98. The number of nitrogens with two attached hydrogens (primary N) is 1. The number of hydrogen-bond acceptors (Lipinski definition) is 5. The number of sulfonamides is 1. The smallest absolute Gasteiger partial charge is 0.221 e. The molecule has 9 heteroatoms. The molecule has 21 heavy (non-hydrogen) atoms. The predicted octanol–water partition coefficient (Wildman–Crippen LogP) is 0.574. The summed E-state index contributed by atoms with van der Waals surface area (Å²) in [5, 5.41) is -0.914. The van der Waals surface area contributed by atoms with Crippen molar-refractivity contribution in [1.82, 2.24) is 4.72 Å². The molecule has 0 aliphatic heterocycles. The lowest BCUT2D eigenvalue weighted by atomic mass is 10.2. The zero-order valence-electron chi connectivity index (χ0n) is 11.7. The first-order chi connectivity index (χ1) is 9.58. The highest BCUT2D eigenvalue weighted by Crippen LogP contribution is 2.11. The largest absolute Gasteiger partial charge is 0.392 e. The minimum Gasteiger partial charge on any atom is -0.392 e. The zero-order valence-corrected chi connectivity index (χ0v) is 14.2. The van der Waals surface area contributed by atoms with Crippen molar-refractivity contribution in [2.75, 3.05) is 6.26 Å². The van der Waals surface area contributed by atoms with E-state index in [1.807, 2.05) is 0 Å². The van der Waals surface area contributed by atoms with Gasteiger partial charge in [0.1, 0.15) is 5.25 Å². The van der Waals surface area contributed by atoms with Crippen molar-refractivity contribution in [2.24, 2.45) is 5.73 Å². The van der Waals surface area contributed by atoms with Gasteiger partial charge in [-0.25, -0.2) is 21.6 Å². The van der Waals surface area contributed by atoms with Gasteiger partial charge in [0.05, 0.1) is 9.88 Å². The molecule has 0 aliphatic rings. The molecule has 0 saturated heterocycles. The van der Waals surface area contributed by atoms with Gasteiger partial charge in [-0.3, -0.25) is 0 Å². The molecule has 1 aromatic rings. The molecule has 1 unspecified atom stereocenters. The highest BCUT2D eigenvalue weighted by atomic mass is 32.2. The maximum absolute atomic E-state index is 12.0. The average molecular weight is 350 g/mol. The average Bonchev–Trinajstić information content (AvgIpc) is 2.36. The van der Waals surface area contributed by atoms with E-state index < -0.39 is 25.1 Å². The third-order valence-corrected chi connectivity index (χ3v) is 6.34. The quantitative estimate of drug-likeness (QED) is 0.697. The van der Waals surface area contributed by atoms with Gasteiger partial charge < -0.3 is 5.73 Å². The van der Waals surface area contributed by atoms with Gasteiger partial charge >= 0.3 is 0 Å². The van der Waals surface area contributed by atoms with Crippen LogP contribution in [0, 0.1) is 0 Å². The van der Waals surface area contributed by atoms with Crippen LogP contribution in [0.1, 0.15) is 18.9 Å². The van der Waals surface area contributed by atoms with E-state index in [1.165, 1.54) is 12.1 Å². The van der Waals surface area contributed by atoms with E-state index in [2.05, 4.69) is 4.72 Å². The number of hydrogen-bond donors (Lipinski definition) is 2. The van der Waals surface area contributed by atoms with Crippen molar-refractivity contribution in [3.63, 3.8) is 0 Å². The second-order valence-electron chi connectivity index (χ2n) is 4.58. The van der Waals surface area contributed by atoms with Crippen molar-refractivity contribution in [2.45, 2.75) is 30.0 Å². The van der Waals surface area contributed by atoms with E-state index in [4.69, 9.17) is 18.0 Å². The summed E-state index contributed by atoms with van der Waals surface area (Å²) in [7, 11) is -6.91. The first-order valence-electron chi connectivity index (χ1n) is 6.14. The Hall–Kier alpha value is -1.03. The van der Waals surface area contributed by atoms with Gasteiger partial charge in [0.2, 0.25) is 10.0 Å². The van der Waals surface area contributed by atoms with Gasteiger partial charge in [-0.15, -0.1) is 0 Å². The van der Waals surface area contributed by atoms with Crippen molar-refractivity contribution >= 4 is 37.1 Å². The minimum absolute atomic E-state index is 0.0471. The van der Waals surface area contributed by atoms with E-state index in [1.54, 1.807) is 19.1 Å². The Morgan fingerprint density at radius 2 is 1.76 bits per heavy atom. The van der Waals surface area contributed by atoms with Gasteiger partial charge in [-0.1, -0.05) is 31.3 Å². The summed E-state index contributed by atoms with van der Waals surface area (Å²) >= 11 is 4.75. The van der Waals surface area contributed by atoms with Crippen molar-refractivity contribution in [3.8, 4) is 0 Å². The van der Waals surface area contributed by atoms with Gasteiger partial charge in [-0.2, -0.15) is 0 Å². The molecule has 6 nitrogen and oxygen atoms in total. The molecule has 0 saturated carbocycles. The number of sulfone groups is 1. The molecule has 1 aromatic carbocycles. The van der Waals surface area contributed by atoms with Crippen molar-refractivity contribution in [3.05, 3.63) is 29.8 Å². The molecule has 0 heterocycles. The lowest BCUT2D eigenvalue weighted by Gasteiger charge is -2.15. The molecular formula is C12H18N2O4S3. The molecule has 0 bridgehead atoms. The van der Waals surface area contributed by atoms with Crippen LogP contribution in [-0.4, -0.2) is 33.3 Å². The summed E-state index contributed by atoms with van der Waals surface area (Å²) in [5.74, 6) is 0. The van der Waals surface area contributed by atoms with E-state index in [-0.39, 0.29) is 22.8 Å². The zero-order chi connectivity index (χ0) is 16.3. The van der Waals surface area contributed by atoms with Gasteiger partial charge in [-0.05, 0) is 24.1 Å². The first kappa shape index (κ1) is 18.0. The third-order valence-electron chi connectivity index (χ3n) is 2.89. The third kappa shape index (κ3) is 5.03. The Bertz CT molecular complexity index is 709. The molecule has 0 aliphatic carbocycles. The molecular weight excluding hydrogens is 332 g/mol. The van der Waals surface area contributed by atoms with Crippen LogP contribution in [0.25, 0.3) is 0 Å². The topological polar surface area (TPSA) is 106 Å². The van der Waals surface area contributed by atoms with Crippen LogP contribution < -0.4 is 10.5 Å². The molecule has 0 radical (unpaired) electrons. The molecule has 118 valence electrons. The van der Waals surface area contributed by atoms with Gasteiger partial charge in [0.15, 0.2) is 9.84 Å². The SMILES string of the molecule is CCC(C(N)=S)S(=O)(=O)NCc1ccc(S(C)(=O)=O)cc1. The molecule has 0 amide bonds. The monoisotopic (exact) mass is 350 g/mol. The van der Waals surface area contributed by atoms with Crippen LogP contribution in [0.3, 0.4) is 0 Å². The normalized spacial score (nSPS) is 13.8. The van der Waals surface area contributed by atoms with Crippen LogP contribution >= 0.6 is 12.2 Å². The predicted molar refractivity (Wildman–Crippen MR) is 86.2 cm³/mol. The second-order valence-corrected chi connectivity index (χ2v) is 9.02. The van der Waals surface area contributed by atoms with Crippen LogP contribution in [0.5, 0.6) is 0 Å². The molecule has 0 aromatic heterocycles. The molecule has 0 fully saturated rings. The molecule has 1 atom stereocenters. The van der Waals surface area contributed by atoms with Crippen LogP contribution in [0.15, 0.2) is 29.2 Å². The summed E-state index contributed by atoms with van der Waals surface area (Å²) < 4.78 is 49.1. The van der Waals surface area contributed by atoms with Crippen molar-refractivity contribution < 1.29 is 16.8 Å². The Labute approximate surface area is 130 Å². The highest BCUT2D eigenvalue weighted by Gasteiger charge is 2.25. The van der Waals surface area contributed by atoms with Crippen LogP contribution in [0.2, 0.25) is 0 Å². The first-order valence-corrected chi connectivity index (χ1v) is 9.99. The van der Waals surface area contributed by atoms with E-state index in [0.29, 0.717) is 5.56 Å². The number of rotatable bonds is 7. The highest BCUT2D eigenvalue weighted by molar-refractivity contribution is 7.93.